The van der Waals surface area contributed by atoms with E-state index in [1.165, 1.54) is 0 Å². The average molecular weight is 206 g/mol. The van der Waals surface area contributed by atoms with Crippen LogP contribution in [-0.2, 0) is 9.53 Å². The number of carbonyl (C=O) groups is 1. The van der Waals surface area contributed by atoms with Gasteiger partial charge < -0.3 is 30.3 Å². The molecular formula is C7H10O7. The van der Waals surface area contributed by atoms with Crippen LogP contribution in [0.25, 0.3) is 0 Å². The molecule has 0 aromatic rings. The highest BCUT2D eigenvalue weighted by molar-refractivity contribution is 5.81. The molecule has 0 unspecified atom stereocenters. The Bertz CT molecular complexity index is 271. The molecule has 1 rings (SSSR count). The standard InChI is InChI=1S/C7H10O7/c8-1-2(9)3(10)6-4(11)5(12)7(13)14-6/h2-3,5,8-12H,1H2/t2-,3-,5-/m1/s1. The molecular weight excluding hydrogens is 196 g/mol. The minimum absolute atomic E-state index is 0.635. The normalized spacial score (nSPS) is 26.3. The Labute approximate surface area is 78.5 Å². The van der Waals surface area contributed by atoms with Crippen LogP contribution in [0, 0.1) is 0 Å². The second-order valence-corrected chi connectivity index (χ2v) is 2.77. The predicted molar refractivity (Wildman–Crippen MR) is 40.9 cm³/mol. The molecule has 0 saturated carbocycles. The minimum Gasteiger partial charge on any atom is -0.506 e. The number of aliphatic hydroxyl groups is 5. The van der Waals surface area contributed by atoms with Crippen LogP contribution in [-0.4, -0.2) is 56.4 Å². The summed E-state index contributed by atoms with van der Waals surface area (Å²) in [7, 11) is 0. The van der Waals surface area contributed by atoms with Crippen molar-refractivity contribution in [2.24, 2.45) is 0 Å². The molecule has 0 spiro atoms. The van der Waals surface area contributed by atoms with Crippen LogP contribution in [0.15, 0.2) is 11.5 Å². The van der Waals surface area contributed by atoms with Gasteiger partial charge in [-0.25, -0.2) is 4.79 Å². The first-order valence-electron chi connectivity index (χ1n) is 3.78. The lowest BCUT2D eigenvalue weighted by molar-refractivity contribution is -0.146. The number of esters is 1. The second kappa shape index (κ2) is 3.93. The van der Waals surface area contributed by atoms with Gasteiger partial charge in [-0.05, 0) is 0 Å². The molecule has 0 aromatic carbocycles. The molecule has 1 aliphatic heterocycles. The van der Waals surface area contributed by atoms with E-state index in [1.807, 2.05) is 0 Å². The van der Waals surface area contributed by atoms with Crippen molar-refractivity contribution in [3.8, 4) is 0 Å². The summed E-state index contributed by atoms with van der Waals surface area (Å²) < 4.78 is 4.29. The Kier molecular flexibility index (Phi) is 3.06. The Morgan fingerprint density at radius 1 is 1.43 bits per heavy atom. The Hall–Kier alpha value is -1.15. The van der Waals surface area contributed by atoms with E-state index < -0.39 is 42.4 Å². The molecule has 5 N–H and O–H groups in total. The summed E-state index contributed by atoms with van der Waals surface area (Å²) in [6.45, 7) is -0.772. The zero-order chi connectivity index (χ0) is 10.9. The van der Waals surface area contributed by atoms with Crippen LogP contribution < -0.4 is 0 Å². The zero-order valence-electron chi connectivity index (χ0n) is 6.99. The molecule has 0 saturated heterocycles. The zero-order valence-corrected chi connectivity index (χ0v) is 6.99. The molecule has 0 aliphatic carbocycles. The van der Waals surface area contributed by atoms with Crippen molar-refractivity contribution in [2.45, 2.75) is 18.3 Å². The van der Waals surface area contributed by atoms with Gasteiger partial charge in [0.15, 0.2) is 11.5 Å². The van der Waals surface area contributed by atoms with Crippen LogP contribution in [0.5, 0.6) is 0 Å². The second-order valence-electron chi connectivity index (χ2n) is 2.77. The van der Waals surface area contributed by atoms with Gasteiger partial charge in [0.25, 0.3) is 0 Å². The number of aliphatic hydroxyl groups excluding tert-OH is 5. The molecule has 0 aromatic heterocycles. The third-order valence-corrected chi connectivity index (χ3v) is 1.77. The first-order valence-corrected chi connectivity index (χ1v) is 3.78. The van der Waals surface area contributed by atoms with Crippen molar-refractivity contribution < 1.29 is 35.1 Å². The molecule has 0 radical (unpaired) electrons. The quantitative estimate of drug-likeness (QED) is 0.320. The molecule has 80 valence electrons. The van der Waals surface area contributed by atoms with E-state index in [0.29, 0.717) is 0 Å². The molecule has 7 nitrogen and oxygen atoms in total. The van der Waals surface area contributed by atoms with E-state index >= 15 is 0 Å². The maximum atomic E-state index is 10.7. The summed E-state index contributed by atoms with van der Waals surface area (Å²) in [6.07, 6.45) is -5.18. The van der Waals surface area contributed by atoms with Crippen molar-refractivity contribution in [2.75, 3.05) is 6.61 Å². The van der Waals surface area contributed by atoms with Crippen molar-refractivity contribution in [3.05, 3.63) is 11.5 Å². The predicted octanol–water partition coefficient (Wildman–Crippen LogP) is -2.61. The van der Waals surface area contributed by atoms with Gasteiger partial charge in [-0.2, -0.15) is 0 Å². The van der Waals surface area contributed by atoms with Crippen molar-refractivity contribution in [1.82, 2.24) is 0 Å². The van der Waals surface area contributed by atoms with E-state index in [0.717, 1.165) is 0 Å². The van der Waals surface area contributed by atoms with E-state index in [1.54, 1.807) is 0 Å². The third-order valence-electron chi connectivity index (χ3n) is 1.77. The maximum Gasteiger partial charge on any atom is 0.348 e. The molecule has 1 aliphatic rings. The van der Waals surface area contributed by atoms with Crippen molar-refractivity contribution in [3.63, 3.8) is 0 Å². The molecule has 7 heteroatoms. The SMILES string of the molecule is O=C1OC([C@H](O)[C@H](O)CO)=C(O)[C@H]1O. The summed E-state index contributed by atoms with van der Waals surface area (Å²) in [5.41, 5.74) is 0. The number of hydrogen-bond donors (Lipinski definition) is 5. The summed E-state index contributed by atoms with van der Waals surface area (Å²) in [5.74, 6) is -2.62. The van der Waals surface area contributed by atoms with Gasteiger partial charge in [0.1, 0.15) is 12.2 Å². The van der Waals surface area contributed by atoms with Crippen molar-refractivity contribution in [1.29, 1.82) is 0 Å². The van der Waals surface area contributed by atoms with Gasteiger partial charge in [0.05, 0.1) is 6.61 Å². The van der Waals surface area contributed by atoms with E-state index in [2.05, 4.69) is 4.74 Å². The van der Waals surface area contributed by atoms with Crippen molar-refractivity contribution >= 4 is 5.97 Å². The van der Waals surface area contributed by atoms with Crippen LogP contribution >= 0.6 is 0 Å². The largest absolute Gasteiger partial charge is 0.506 e. The monoisotopic (exact) mass is 206 g/mol. The van der Waals surface area contributed by atoms with Crippen LogP contribution in [0.4, 0.5) is 0 Å². The van der Waals surface area contributed by atoms with E-state index in [4.69, 9.17) is 20.4 Å². The van der Waals surface area contributed by atoms with Gasteiger partial charge in [0.2, 0.25) is 6.10 Å². The smallest absolute Gasteiger partial charge is 0.348 e. The Morgan fingerprint density at radius 2 is 2.00 bits per heavy atom. The highest BCUT2D eigenvalue weighted by Crippen LogP contribution is 2.23. The summed E-state index contributed by atoms with van der Waals surface area (Å²) in [6, 6.07) is 0. The van der Waals surface area contributed by atoms with Crippen LogP contribution in [0.1, 0.15) is 0 Å². The summed E-state index contributed by atoms with van der Waals surface area (Å²) >= 11 is 0. The highest BCUT2D eigenvalue weighted by Gasteiger charge is 2.39. The lowest BCUT2D eigenvalue weighted by Crippen LogP contribution is -2.31. The highest BCUT2D eigenvalue weighted by atomic mass is 16.6. The lowest BCUT2D eigenvalue weighted by Gasteiger charge is -2.15. The Morgan fingerprint density at radius 3 is 2.36 bits per heavy atom. The van der Waals surface area contributed by atoms with Crippen LogP contribution in [0.2, 0.25) is 0 Å². The first-order chi connectivity index (χ1) is 6.49. The fraction of sp³-hybridized carbons (Fsp3) is 0.571. The number of rotatable bonds is 3. The third kappa shape index (κ3) is 1.70. The molecule has 3 atom stereocenters. The van der Waals surface area contributed by atoms with E-state index in [9.17, 15) is 9.90 Å². The summed E-state index contributed by atoms with van der Waals surface area (Å²) in [4.78, 5) is 10.7. The molecule has 14 heavy (non-hydrogen) atoms. The van der Waals surface area contributed by atoms with Crippen LogP contribution in [0.3, 0.4) is 0 Å². The molecule has 1 heterocycles. The van der Waals surface area contributed by atoms with Gasteiger partial charge in [-0.3, -0.25) is 0 Å². The van der Waals surface area contributed by atoms with Gasteiger partial charge in [-0.15, -0.1) is 0 Å². The average Bonchev–Trinajstić information content (AvgIpc) is 2.43. The van der Waals surface area contributed by atoms with Gasteiger partial charge >= 0.3 is 5.97 Å². The Balaban J connectivity index is 2.83. The molecule has 0 amide bonds. The maximum absolute atomic E-state index is 10.7. The van der Waals surface area contributed by atoms with Gasteiger partial charge in [-0.1, -0.05) is 0 Å². The number of hydrogen-bond acceptors (Lipinski definition) is 7. The van der Waals surface area contributed by atoms with E-state index in [-0.39, 0.29) is 0 Å². The lowest BCUT2D eigenvalue weighted by atomic mass is 10.1. The van der Waals surface area contributed by atoms with Gasteiger partial charge in [0, 0.05) is 0 Å². The molecule has 0 bridgehead atoms. The summed E-state index contributed by atoms with van der Waals surface area (Å²) in [5, 5.41) is 44.6. The first kappa shape index (κ1) is 10.9. The fourth-order valence-electron chi connectivity index (χ4n) is 0.949. The fourth-order valence-corrected chi connectivity index (χ4v) is 0.949. The minimum atomic E-state index is -1.84. The molecule has 0 fully saturated rings. The topological polar surface area (TPSA) is 127 Å². The number of carbonyl (C=O) groups excluding carboxylic acids is 1. The number of ether oxygens (including phenoxy) is 1. The number of cyclic esters (lactones) is 1.